The first kappa shape index (κ1) is 23.2. The van der Waals surface area contributed by atoms with Crippen molar-refractivity contribution < 1.29 is 19.1 Å². The Bertz CT molecular complexity index is 1250. The molecule has 9 heteroatoms. The molecule has 0 bridgehead atoms. The van der Waals surface area contributed by atoms with Crippen molar-refractivity contribution in [2.45, 2.75) is 44.9 Å². The minimum absolute atomic E-state index is 0.0856. The summed E-state index contributed by atoms with van der Waals surface area (Å²) in [7, 11) is 1.45. The standard InChI is InChI=1S/C25H26ClN3O4S/c1-14-8-15(26)9-19(23(14)33-16-4-3-6-27-12-16)18-5-7-28-20-10-17(34-24(18)20)13-29-22(30)11-21(32-2)25(29)31/h5,7-10,16,21,27H,3-4,6,11-13H2,1-2H3/t16-,21-/m0/s1. The van der Waals surface area contributed by atoms with Gasteiger partial charge in [0.1, 0.15) is 18.0 Å². The van der Waals surface area contributed by atoms with Gasteiger partial charge in [-0.1, -0.05) is 11.6 Å². The van der Waals surface area contributed by atoms with Crippen LogP contribution in [-0.4, -0.2) is 54.1 Å². The van der Waals surface area contributed by atoms with Gasteiger partial charge in [-0.3, -0.25) is 19.5 Å². The zero-order chi connectivity index (χ0) is 23.8. The maximum absolute atomic E-state index is 12.5. The van der Waals surface area contributed by atoms with Gasteiger partial charge in [-0.15, -0.1) is 11.3 Å². The van der Waals surface area contributed by atoms with Crippen molar-refractivity contribution in [1.82, 2.24) is 15.2 Å². The molecule has 7 nitrogen and oxygen atoms in total. The lowest BCUT2D eigenvalue weighted by molar-refractivity contribution is -0.141. The first-order valence-corrected chi connectivity index (χ1v) is 12.6. The molecule has 5 rings (SSSR count). The zero-order valence-corrected chi connectivity index (χ0v) is 20.7. The lowest BCUT2D eigenvalue weighted by Gasteiger charge is -2.26. The lowest BCUT2D eigenvalue weighted by Crippen LogP contribution is -2.37. The van der Waals surface area contributed by atoms with Gasteiger partial charge < -0.3 is 14.8 Å². The molecule has 3 aromatic rings. The van der Waals surface area contributed by atoms with Gasteiger partial charge in [0.25, 0.3) is 5.91 Å². The van der Waals surface area contributed by atoms with Crippen LogP contribution in [0.15, 0.2) is 30.5 Å². The third-order valence-corrected chi connectivity index (χ3v) is 7.69. The van der Waals surface area contributed by atoms with E-state index in [2.05, 4.69) is 10.3 Å². The number of aromatic nitrogens is 1. The van der Waals surface area contributed by atoms with Gasteiger partial charge in [0.05, 0.1) is 23.2 Å². The summed E-state index contributed by atoms with van der Waals surface area (Å²) < 4.78 is 12.6. The summed E-state index contributed by atoms with van der Waals surface area (Å²) in [5.41, 5.74) is 3.68. The summed E-state index contributed by atoms with van der Waals surface area (Å²) in [6.45, 7) is 4.05. The minimum atomic E-state index is -0.695. The molecule has 2 aliphatic rings. The maximum Gasteiger partial charge on any atom is 0.259 e. The molecule has 2 fully saturated rings. The van der Waals surface area contributed by atoms with E-state index in [1.54, 1.807) is 6.20 Å². The number of nitrogens with one attached hydrogen (secondary N) is 1. The van der Waals surface area contributed by atoms with Crippen LogP contribution in [0.2, 0.25) is 5.02 Å². The van der Waals surface area contributed by atoms with Crippen molar-refractivity contribution in [1.29, 1.82) is 0 Å². The molecular weight excluding hydrogens is 474 g/mol. The number of hydrogen-bond acceptors (Lipinski definition) is 7. The second-order valence-corrected chi connectivity index (χ2v) is 10.3. The molecule has 1 N–H and O–H groups in total. The highest BCUT2D eigenvalue weighted by atomic mass is 35.5. The number of aryl methyl sites for hydroxylation is 1. The van der Waals surface area contributed by atoms with Crippen molar-refractivity contribution >= 4 is 45.0 Å². The van der Waals surface area contributed by atoms with Crippen molar-refractivity contribution in [3.63, 3.8) is 0 Å². The lowest BCUT2D eigenvalue weighted by atomic mass is 10.0. The molecule has 2 aromatic heterocycles. The number of piperidine rings is 1. The summed E-state index contributed by atoms with van der Waals surface area (Å²) >= 11 is 7.99. The number of methoxy groups -OCH3 is 1. The van der Waals surface area contributed by atoms with E-state index in [4.69, 9.17) is 21.1 Å². The minimum Gasteiger partial charge on any atom is -0.488 e. The number of imide groups is 1. The molecule has 4 heterocycles. The Balaban J connectivity index is 1.52. The number of carbonyl (C=O) groups excluding carboxylic acids is 2. The summed E-state index contributed by atoms with van der Waals surface area (Å²) in [5.74, 6) is 0.318. The van der Waals surface area contributed by atoms with Crippen LogP contribution in [0.25, 0.3) is 21.3 Å². The average molecular weight is 500 g/mol. The Morgan fingerprint density at radius 3 is 2.85 bits per heavy atom. The number of carbonyl (C=O) groups is 2. The predicted octanol–water partition coefficient (Wildman–Crippen LogP) is 4.33. The fourth-order valence-electron chi connectivity index (χ4n) is 4.61. The van der Waals surface area contributed by atoms with E-state index in [9.17, 15) is 9.59 Å². The van der Waals surface area contributed by atoms with Crippen LogP contribution in [0.3, 0.4) is 0 Å². The van der Waals surface area contributed by atoms with Gasteiger partial charge in [0.15, 0.2) is 0 Å². The number of halogens is 1. The van der Waals surface area contributed by atoms with E-state index in [-0.39, 0.29) is 30.9 Å². The molecular formula is C25H26ClN3O4S. The topological polar surface area (TPSA) is 80.8 Å². The Labute approximate surface area is 207 Å². The Hall–Kier alpha value is -2.52. The van der Waals surface area contributed by atoms with Crippen LogP contribution in [0.4, 0.5) is 0 Å². The molecule has 178 valence electrons. The van der Waals surface area contributed by atoms with Gasteiger partial charge in [-0.2, -0.15) is 0 Å². The first-order valence-electron chi connectivity index (χ1n) is 11.4. The fraction of sp³-hybridized carbons (Fsp3) is 0.400. The SMILES string of the molecule is CO[C@H]1CC(=O)N(Cc2cc3nccc(-c4cc(Cl)cc(C)c4O[C@H]4CCCNC4)c3s2)C1=O. The van der Waals surface area contributed by atoms with Gasteiger partial charge in [0, 0.05) is 40.9 Å². The molecule has 0 aliphatic carbocycles. The second-order valence-electron chi connectivity index (χ2n) is 8.72. The highest BCUT2D eigenvalue weighted by molar-refractivity contribution is 7.19. The molecule has 34 heavy (non-hydrogen) atoms. The number of likely N-dealkylation sites (tertiary alicyclic amines) is 1. The largest absolute Gasteiger partial charge is 0.488 e. The first-order chi connectivity index (χ1) is 16.4. The second kappa shape index (κ2) is 9.62. The van der Waals surface area contributed by atoms with Crippen LogP contribution < -0.4 is 10.1 Å². The van der Waals surface area contributed by atoms with E-state index in [1.165, 1.54) is 23.3 Å². The summed E-state index contributed by atoms with van der Waals surface area (Å²) in [5, 5.41) is 4.04. The summed E-state index contributed by atoms with van der Waals surface area (Å²) in [6.07, 6.45) is 3.34. The molecule has 0 radical (unpaired) electrons. The van der Waals surface area contributed by atoms with E-state index in [0.29, 0.717) is 5.02 Å². The number of amides is 2. The summed E-state index contributed by atoms with van der Waals surface area (Å²) in [6, 6.07) is 7.76. The highest BCUT2D eigenvalue weighted by Gasteiger charge is 2.38. The van der Waals surface area contributed by atoms with Gasteiger partial charge in [-0.05, 0) is 56.1 Å². The number of pyridine rings is 1. The van der Waals surface area contributed by atoms with E-state index in [1.807, 2.05) is 31.2 Å². The van der Waals surface area contributed by atoms with E-state index in [0.717, 1.165) is 63.5 Å². The normalized spacial score (nSPS) is 21.0. The number of benzene rings is 1. The van der Waals surface area contributed by atoms with Crippen molar-refractivity contribution in [2.24, 2.45) is 0 Å². The number of thiophene rings is 1. The maximum atomic E-state index is 12.5. The molecule has 2 aliphatic heterocycles. The van der Waals surface area contributed by atoms with Crippen LogP contribution in [-0.2, 0) is 20.9 Å². The molecule has 2 amide bonds. The predicted molar refractivity (Wildman–Crippen MR) is 132 cm³/mol. The van der Waals surface area contributed by atoms with Gasteiger partial charge in [0.2, 0.25) is 5.91 Å². The summed E-state index contributed by atoms with van der Waals surface area (Å²) in [4.78, 5) is 31.5. The van der Waals surface area contributed by atoms with E-state index < -0.39 is 6.10 Å². The number of ether oxygens (including phenoxy) is 2. The number of hydrogen-bond donors (Lipinski definition) is 1. The van der Waals surface area contributed by atoms with E-state index >= 15 is 0 Å². The molecule has 2 atom stereocenters. The van der Waals surface area contributed by atoms with Crippen LogP contribution in [0.5, 0.6) is 5.75 Å². The van der Waals surface area contributed by atoms with Crippen LogP contribution in [0.1, 0.15) is 29.7 Å². The highest BCUT2D eigenvalue weighted by Crippen LogP contribution is 2.42. The average Bonchev–Trinajstić information content (AvgIpc) is 3.36. The van der Waals surface area contributed by atoms with Crippen molar-refractivity contribution in [3.05, 3.63) is 45.9 Å². The van der Waals surface area contributed by atoms with Gasteiger partial charge in [-0.25, -0.2) is 0 Å². The number of fused-ring (bicyclic) bond motifs is 1. The van der Waals surface area contributed by atoms with Crippen LogP contribution in [0, 0.1) is 6.92 Å². The molecule has 0 unspecified atom stereocenters. The molecule has 0 saturated carbocycles. The smallest absolute Gasteiger partial charge is 0.259 e. The quantitative estimate of drug-likeness (QED) is 0.508. The number of nitrogens with zero attached hydrogens (tertiary/aromatic N) is 2. The van der Waals surface area contributed by atoms with Gasteiger partial charge >= 0.3 is 0 Å². The zero-order valence-electron chi connectivity index (χ0n) is 19.1. The molecule has 2 saturated heterocycles. The fourth-order valence-corrected chi connectivity index (χ4v) is 6.01. The van der Waals surface area contributed by atoms with Crippen molar-refractivity contribution in [3.8, 4) is 16.9 Å². The Kier molecular flexibility index (Phi) is 6.57. The van der Waals surface area contributed by atoms with Crippen molar-refractivity contribution in [2.75, 3.05) is 20.2 Å². The Morgan fingerprint density at radius 1 is 1.26 bits per heavy atom. The number of rotatable bonds is 6. The monoisotopic (exact) mass is 499 g/mol. The third kappa shape index (κ3) is 4.43. The van der Waals surface area contributed by atoms with Crippen LogP contribution >= 0.6 is 22.9 Å². The molecule has 0 spiro atoms. The third-order valence-electron chi connectivity index (χ3n) is 6.33. The Morgan fingerprint density at radius 2 is 2.12 bits per heavy atom. The molecule has 1 aromatic carbocycles.